The number of rotatable bonds is 39. The average Bonchev–Trinajstić information content (AvgIpc) is 1.65. The molecule has 4 nitrogen and oxygen atoms in total. The van der Waals surface area contributed by atoms with E-state index in [1.165, 1.54) is 187 Å². The van der Waals surface area contributed by atoms with Crippen molar-refractivity contribution in [1.29, 1.82) is 0 Å². The second-order valence-electron chi connectivity index (χ2n) is 24.5. The molecule has 90 heavy (non-hydrogen) atoms. The van der Waals surface area contributed by atoms with E-state index >= 15 is 0 Å². The number of hydrogen-bond donors (Lipinski definition) is 0. The van der Waals surface area contributed by atoms with E-state index in [0.29, 0.717) is 0 Å². The van der Waals surface area contributed by atoms with E-state index in [1.54, 1.807) is 0 Å². The summed E-state index contributed by atoms with van der Waals surface area (Å²) in [6, 6.07) is 73.4. The lowest BCUT2D eigenvalue weighted by atomic mass is 10.0. The predicted molar refractivity (Wildman–Crippen MR) is 394 cm³/mol. The van der Waals surface area contributed by atoms with Gasteiger partial charge in [0.1, 0.15) is 10.0 Å². The van der Waals surface area contributed by atoms with Crippen LogP contribution in [0.25, 0.3) is 43.5 Å². The van der Waals surface area contributed by atoms with Crippen molar-refractivity contribution < 1.29 is 9.47 Å². The Morgan fingerprint density at radius 3 is 0.889 bits per heavy atom. The van der Waals surface area contributed by atoms with E-state index in [-0.39, 0.29) is 0 Å². The fourth-order valence-corrected chi connectivity index (χ4v) is 15.1. The zero-order chi connectivity index (χ0) is 62.0. The summed E-state index contributed by atoms with van der Waals surface area (Å²) >= 11 is 3.87. The van der Waals surface area contributed by atoms with Crippen LogP contribution in [0.15, 0.2) is 207 Å². The topological polar surface area (TPSA) is 24.9 Å². The van der Waals surface area contributed by atoms with Crippen LogP contribution in [0, 0.1) is 0 Å². The number of fused-ring (bicyclic) bond motifs is 2. The highest BCUT2D eigenvalue weighted by Crippen LogP contribution is 2.55. The van der Waals surface area contributed by atoms with Gasteiger partial charge < -0.3 is 19.3 Å². The average molecular weight is 1230 g/mol. The molecule has 0 bridgehead atoms. The molecule has 0 aliphatic carbocycles. The molecule has 0 aliphatic heterocycles. The lowest BCUT2D eigenvalue weighted by molar-refractivity contribution is 0.132. The Bertz CT molecular complexity index is 3480. The van der Waals surface area contributed by atoms with Crippen LogP contribution in [0.4, 0.5) is 32.8 Å². The number of thiophene rings is 2. The minimum atomic E-state index is 0.770. The third kappa shape index (κ3) is 18.4. The normalized spacial score (nSPS) is 11.4. The van der Waals surface area contributed by atoms with Gasteiger partial charge in [-0.05, 0) is 170 Å². The quantitative estimate of drug-likeness (QED) is 0.0359. The first kappa shape index (κ1) is 65.6. The Hall–Kier alpha value is -7.32. The van der Waals surface area contributed by atoms with Crippen molar-refractivity contribution in [3.05, 3.63) is 252 Å². The number of unbranched alkanes of at least 4 members (excludes halogenated alkanes) is 12. The Balaban J connectivity index is 0.878. The second-order valence-corrected chi connectivity index (χ2v) is 26.5. The van der Waals surface area contributed by atoms with Crippen molar-refractivity contribution in [2.75, 3.05) is 36.2 Å². The van der Waals surface area contributed by atoms with Gasteiger partial charge in [-0.25, -0.2) is 0 Å². The van der Waals surface area contributed by atoms with Crippen molar-refractivity contribution in [1.82, 2.24) is 0 Å². The molecule has 0 saturated carbocycles. The third-order valence-electron chi connectivity index (χ3n) is 17.7. The Morgan fingerprint density at radius 2 is 0.578 bits per heavy atom. The van der Waals surface area contributed by atoms with Gasteiger partial charge in [-0.2, -0.15) is 0 Å². The lowest BCUT2D eigenvalue weighted by Crippen LogP contribution is -2.09. The van der Waals surface area contributed by atoms with Crippen LogP contribution < -0.4 is 9.80 Å². The summed E-state index contributed by atoms with van der Waals surface area (Å²) in [7, 11) is 0. The molecule has 0 radical (unpaired) electrons. The van der Waals surface area contributed by atoms with Crippen LogP contribution in [-0.4, -0.2) is 26.4 Å². The fraction of sp³-hybridized carbons (Fsp3) is 0.333. The third-order valence-corrected chi connectivity index (χ3v) is 20.3. The fourth-order valence-electron chi connectivity index (χ4n) is 12.3. The minimum Gasteiger partial charge on any atom is -0.381 e. The Morgan fingerprint density at radius 1 is 0.300 bits per heavy atom. The molecule has 0 unspecified atom stereocenters. The van der Waals surface area contributed by atoms with E-state index < -0.39 is 0 Å². The minimum absolute atomic E-state index is 0.770. The molecule has 2 aromatic heterocycles. The van der Waals surface area contributed by atoms with Gasteiger partial charge in [0.2, 0.25) is 0 Å². The van der Waals surface area contributed by atoms with E-state index in [1.807, 2.05) is 34.8 Å². The number of benzene rings is 8. The molecule has 0 saturated heterocycles. The van der Waals surface area contributed by atoms with Crippen LogP contribution >= 0.6 is 22.7 Å². The maximum Gasteiger partial charge on any atom is 0.109 e. The van der Waals surface area contributed by atoms with Crippen molar-refractivity contribution in [2.24, 2.45) is 0 Å². The number of ether oxygens (including phenoxy) is 2. The van der Waals surface area contributed by atoms with Crippen LogP contribution in [-0.2, 0) is 48.0 Å². The van der Waals surface area contributed by atoms with Crippen molar-refractivity contribution in [3.8, 4) is 9.75 Å². The maximum absolute atomic E-state index is 6.04. The van der Waals surface area contributed by atoms with Gasteiger partial charge in [0.15, 0.2) is 0 Å². The lowest BCUT2D eigenvalue weighted by Gasteiger charge is -2.25. The van der Waals surface area contributed by atoms with Gasteiger partial charge in [-0.3, -0.25) is 0 Å². The first-order valence-corrected chi connectivity index (χ1v) is 35.7. The van der Waals surface area contributed by atoms with E-state index in [9.17, 15) is 0 Å². The van der Waals surface area contributed by atoms with Gasteiger partial charge in [0, 0.05) is 57.5 Å². The van der Waals surface area contributed by atoms with Crippen molar-refractivity contribution >= 4 is 89.1 Å². The summed E-state index contributed by atoms with van der Waals surface area (Å²) in [5.41, 5.74) is 15.3. The highest BCUT2D eigenvalue weighted by molar-refractivity contribution is 7.28. The summed E-state index contributed by atoms with van der Waals surface area (Å²) in [5, 5.41) is 7.60. The van der Waals surface area contributed by atoms with Gasteiger partial charge in [0.05, 0.1) is 23.0 Å². The first-order valence-electron chi connectivity index (χ1n) is 34.1. The predicted octanol–water partition coefficient (Wildman–Crippen LogP) is 25.0. The summed E-state index contributed by atoms with van der Waals surface area (Å²) in [6.45, 7) is 15.5. The molecule has 0 spiro atoms. The molecular weight excluding hydrogens is 1130 g/mol. The largest absolute Gasteiger partial charge is 0.381 e. The van der Waals surface area contributed by atoms with Gasteiger partial charge in [0.25, 0.3) is 0 Å². The standard InChI is InChI=1S/C84H96N2O2S2/c1-5-9-11-17-27-67-43-51-73(52-44-67)85(75-55-47-69(48-56-75)29-19-13-15-25-61-87-63-59-71-39-35-65(7-3)36-40-71)83-79-33-23-21-31-77(79)81(89-83)82-78-32-22-24-34-80(78)84(90-82)86(74-53-45-68(46-54-74)28-18-12-10-6-2)76-57-49-70(50-58-76)30-20-14-16-26-62-88-64-60-72-41-37-66(8-4)38-42-72/h7-8,21-24,31-58H,3-6,9-20,25-30,59-64H2,1-2H3. The number of anilines is 6. The van der Waals surface area contributed by atoms with Gasteiger partial charge in [-0.15, -0.1) is 22.7 Å². The molecule has 10 aromatic rings. The van der Waals surface area contributed by atoms with E-state index in [4.69, 9.17) is 9.47 Å². The number of aryl methyl sites for hydroxylation is 4. The number of nitrogens with zero attached hydrogens (tertiary/aromatic N) is 2. The molecule has 10 rings (SSSR count). The van der Waals surface area contributed by atoms with Gasteiger partial charge >= 0.3 is 0 Å². The molecule has 0 atom stereocenters. The Kier molecular flexibility index (Phi) is 25.8. The summed E-state index contributed by atoms with van der Waals surface area (Å²) in [6.07, 6.45) is 29.5. The van der Waals surface area contributed by atoms with Crippen LogP contribution in [0.5, 0.6) is 0 Å². The SMILES string of the molecule is C=Cc1ccc(CCOCCCCCCc2ccc(N(c3ccc(CCCCCC)cc3)c3sc(-c4sc(N(c5ccc(CCCCCC)cc5)c5ccc(CCCCCCOCCc6ccc(C=C)cc6)cc5)c5ccccc45)c4ccccc34)cc2)cc1. The van der Waals surface area contributed by atoms with Crippen LogP contribution in [0.3, 0.4) is 0 Å². The zero-order valence-electron chi connectivity index (χ0n) is 54.0. The molecule has 6 heteroatoms. The van der Waals surface area contributed by atoms with E-state index in [0.717, 1.165) is 88.9 Å². The van der Waals surface area contributed by atoms with Crippen molar-refractivity contribution in [3.63, 3.8) is 0 Å². The zero-order valence-corrected chi connectivity index (χ0v) is 55.6. The van der Waals surface area contributed by atoms with E-state index in [2.05, 4.69) is 231 Å². The second kappa shape index (κ2) is 35.3. The Labute approximate surface area is 548 Å². The molecule has 2 heterocycles. The molecular formula is C84H96N2O2S2. The maximum atomic E-state index is 6.04. The molecule has 466 valence electrons. The first-order chi connectivity index (χ1) is 44.5. The van der Waals surface area contributed by atoms with Crippen LogP contribution in [0.2, 0.25) is 0 Å². The molecule has 0 aliphatic rings. The smallest absolute Gasteiger partial charge is 0.109 e. The summed E-state index contributed by atoms with van der Waals surface area (Å²) in [5.74, 6) is 0. The van der Waals surface area contributed by atoms with Gasteiger partial charge in [-0.1, -0.05) is 249 Å². The molecule has 0 fully saturated rings. The van der Waals surface area contributed by atoms with Crippen molar-refractivity contribution in [2.45, 2.75) is 155 Å². The monoisotopic (exact) mass is 1230 g/mol. The summed E-state index contributed by atoms with van der Waals surface area (Å²) in [4.78, 5) is 7.69. The highest BCUT2D eigenvalue weighted by atomic mass is 32.1. The number of hydrogen-bond acceptors (Lipinski definition) is 6. The highest BCUT2D eigenvalue weighted by Gasteiger charge is 2.26. The molecule has 0 N–H and O–H groups in total. The molecule has 8 aromatic carbocycles. The summed E-state index contributed by atoms with van der Waals surface area (Å²) < 4.78 is 12.1. The van der Waals surface area contributed by atoms with Crippen LogP contribution in [0.1, 0.15) is 161 Å². The molecule has 0 amide bonds.